The van der Waals surface area contributed by atoms with Crippen LogP contribution in [0.15, 0.2) is 36.4 Å². The van der Waals surface area contributed by atoms with Crippen LogP contribution in [0.2, 0.25) is 0 Å². The number of cyclic esters (lactones) is 1. The lowest BCUT2D eigenvalue weighted by molar-refractivity contribution is 0.181. The Balaban J connectivity index is 1.94. The zero-order valence-corrected chi connectivity index (χ0v) is 17.1. The molecule has 0 spiro atoms. The summed E-state index contributed by atoms with van der Waals surface area (Å²) in [6.07, 6.45) is -0.448. The summed E-state index contributed by atoms with van der Waals surface area (Å²) in [6, 6.07) is 12.2. The van der Waals surface area contributed by atoms with Gasteiger partial charge in [0.2, 0.25) is 0 Å². The van der Waals surface area contributed by atoms with E-state index in [0.29, 0.717) is 42.4 Å². The number of nitrogens with zero attached hydrogens (tertiary/aromatic N) is 3. The topological polar surface area (TPSA) is 67.5 Å². The van der Waals surface area contributed by atoms with Gasteiger partial charge >= 0.3 is 6.09 Å². The molecule has 6 nitrogen and oxygen atoms in total. The Morgan fingerprint density at radius 1 is 1.27 bits per heavy atom. The number of hydrogen-bond donors (Lipinski definition) is 0. The molecule has 2 aromatic carbocycles. The molecule has 0 atom stereocenters. The van der Waals surface area contributed by atoms with Crippen LogP contribution in [0.25, 0.3) is 22.2 Å². The molecule has 0 aliphatic carbocycles. The number of nitriles is 1. The van der Waals surface area contributed by atoms with Crippen LogP contribution in [0, 0.1) is 17.1 Å². The van der Waals surface area contributed by atoms with Gasteiger partial charge in [-0.05, 0) is 51.1 Å². The second-order valence-electron chi connectivity index (χ2n) is 7.36. The predicted octanol–water partition coefficient (Wildman–Crippen LogP) is 5.08. The quantitative estimate of drug-likeness (QED) is 0.591. The summed E-state index contributed by atoms with van der Waals surface area (Å²) >= 11 is 0. The van der Waals surface area contributed by atoms with E-state index >= 15 is 0 Å². The molecular weight excluding hydrogens is 385 g/mol. The highest BCUT2D eigenvalue weighted by atomic mass is 19.1. The van der Waals surface area contributed by atoms with E-state index in [0.717, 1.165) is 10.9 Å². The van der Waals surface area contributed by atoms with Gasteiger partial charge < -0.3 is 14.0 Å². The highest BCUT2D eigenvalue weighted by molar-refractivity contribution is 5.96. The largest absolute Gasteiger partial charge is 0.491 e. The zero-order valence-electron chi connectivity index (χ0n) is 17.1. The standard InChI is InChI=1S/C23H22FN3O3/c1-4-26-21-12-16(30-14(2)3)6-7-17(21)19(13-25)22(26)18-11-15(5-8-20(18)24)27-9-10-29-23(27)28/h5-8,11-12,14H,4,9-10H2,1-3H3. The van der Waals surface area contributed by atoms with Crippen LogP contribution in [0.3, 0.4) is 0 Å². The van der Waals surface area contributed by atoms with Crippen LogP contribution in [-0.4, -0.2) is 29.9 Å². The molecule has 1 aromatic heterocycles. The lowest BCUT2D eigenvalue weighted by Crippen LogP contribution is -2.23. The molecule has 1 fully saturated rings. The predicted molar refractivity (Wildman–Crippen MR) is 112 cm³/mol. The minimum atomic E-state index is -0.459. The Kier molecular flexibility index (Phi) is 5.08. The van der Waals surface area contributed by atoms with E-state index in [2.05, 4.69) is 6.07 Å². The van der Waals surface area contributed by atoms with Crippen LogP contribution < -0.4 is 9.64 Å². The number of ether oxygens (including phenoxy) is 2. The maximum Gasteiger partial charge on any atom is 0.414 e. The van der Waals surface area contributed by atoms with Crippen molar-refractivity contribution >= 4 is 22.7 Å². The molecule has 0 unspecified atom stereocenters. The van der Waals surface area contributed by atoms with Crippen LogP contribution in [0.5, 0.6) is 5.75 Å². The summed E-state index contributed by atoms with van der Waals surface area (Å²) in [5.41, 5.74) is 2.49. The van der Waals surface area contributed by atoms with Crippen molar-refractivity contribution < 1.29 is 18.7 Å². The monoisotopic (exact) mass is 407 g/mol. The highest BCUT2D eigenvalue weighted by Gasteiger charge is 2.26. The van der Waals surface area contributed by atoms with Crippen LogP contribution in [0.4, 0.5) is 14.9 Å². The number of amides is 1. The van der Waals surface area contributed by atoms with Gasteiger partial charge in [-0.2, -0.15) is 5.26 Å². The van der Waals surface area contributed by atoms with Gasteiger partial charge in [-0.1, -0.05) is 0 Å². The van der Waals surface area contributed by atoms with Crippen molar-refractivity contribution in [3.63, 3.8) is 0 Å². The van der Waals surface area contributed by atoms with E-state index in [1.807, 2.05) is 43.5 Å². The molecule has 7 heteroatoms. The first kappa shape index (κ1) is 19.8. The average molecular weight is 407 g/mol. The van der Waals surface area contributed by atoms with Crippen LogP contribution >= 0.6 is 0 Å². The molecule has 1 aliphatic heterocycles. The van der Waals surface area contributed by atoms with Crippen molar-refractivity contribution in [1.29, 1.82) is 5.26 Å². The van der Waals surface area contributed by atoms with Crippen LogP contribution in [-0.2, 0) is 11.3 Å². The first-order valence-electron chi connectivity index (χ1n) is 9.91. The maximum atomic E-state index is 15.0. The number of carbonyl (C=O) groups excluding carboxylic acids is 1. The third kappa shape index (κ3) is 3.24. The van der Waals surface area contributed by atoms with Crippen LogP contribution in [0.1, 0.15) is 26.3 Å². The minimum Gasteiger partial charge on any atom is -0.491 e. The molecule has 2 heterocycles. The summed E-state index contributed by atoms with van der Waals surface area (Å²) < 4.78 is 27.7. The number of carbonyl (C=O) groups is 1. The molecule has 4 rings (SSSR count). The van der Waals surface area contributed by atoms with E-state index < -0.39 is 11.9 Å². The maximum absolute atomic E-state index is 15.0. The van der Waals surface area contributed by atoms with Gasteiger partial charge in [0.25, 0.3) is 0 Å². The highest BCUT2D eigenvalue weighted by Crippen LogP contribution is 2.38. The Morgan fingerprint density at radius 2 is 2.07 bits per heavy atom. The average Bonchev–Trinajstić information content (AvgIpc) is 3.28. The Hall–Kier alpha value is -3.53. The van der Waals surface area contributed by atoms with Crippen molar-refractivity contribution in [3.05, 3.63) is 47.8 Å². The first-order chi connectivity index (χ1) is 14.4. The number of benzene rings is 2. The van der Waals surface area contributed by atoms with Gasteiger partial charge in [0, 0.05) is 29.2 Å². The van der Waals surface area contributed by atoms with E-state index in [9.17, 15) is 14.4 Å². The van der Waals surface area contributed by atoms with Crippen molar-refractivity contribution in [2.45, 2.75) is 33.4 Å². The zero-order chi connectivity index (χ0) is 21.4. The fourth-order valence-corrected chi connectivity index (χ4v) is 3.89. The first-order valence-corrected chi connectivity index (χ1v) is 9.91. The number of hydrogen-bond acceptors (Lipinski definition) is 4. The van der Waals surface area contributed by atoms with Crippen molar-refractivity contribution in [3.8, 4) is 23.1 Å². The Labute approximate surface area is 174 Å². The molecule has 30 heavy (non-hydrogen) atoms. The third-order valence-corrected chi connectivity index (χ3v) is 5.11. The molecule has 1 saturated heterocycles. The molecule has 3 aromatic rings. The van der Waals surface area contributed by atoms with Gasteiger partial charge in [0.1, 0.15) is 24.2 Å². The number of anilines is 1. The van der Waals surface area contributed by atoms with Gasteiger partial charge in [-0.25, -0.2) is 9.18 Å². The number of aromatic nitrogens is 1. The van der Waals surface area contributed by atoms with E-state index in [1.54, 1.807) is 12.1 Å². The Bertz CT molecular complexity index is 1180. The lowest BCUT2D eigenvalue weighted by atomic mass is 10.0. The van der Waals surface area contributed by atoms with Crippen molar-refractivity contribution in [2.24, 2.45) is 0 Å². The smallest absolute Gasteiger partial charge is 0.414 e. The molecule has 154 valence electrons. The molecule has 1 amide bonds. The summed E-state index contributed by atoms with van der Waals surface area (Å²) in [6.45, 7) is 7.07. The summed E-state index contributed by atoms with van der Waals surface area (Å²) in [5.74, 6) is 0.230. The SMILES string of the molecule is CCn1c(-c2cc(N3CCOC3=O)ccc2F)c(C#N)c2ccc(OC(C)C)cc21. The fraction of sp³-hybridized carbons (Fsp3) is 0.304. The normalized spacial score (nSPS) is 13.7. The van der Waals surface area contributed by atoms with Gasteiger partial charge in [-0.15, -0.1) is 0 Å². The summed E-state index contributed by atoms with van der Waals surface area (Å²) in [4.78, 5) is 13.4. The third-order valence-electron chi connectivity index (χ3n) is 5.11. The van der Waals surface area contributed by atoms with E-state index in [1.165, 1.54) is 11.0 Å². The van der Waals surface area contributed by atoms with Gasteiger partial charge in [0.05, 0.1) is 29.4 Å². The summed E-state index contributed by atoms with van der Waals surface area (Å²) in [5, 5.41) is 10.6. The number of rotatable bonds is 5. The fourth-order valence-electron chi connectivity index (χ4n) is 3.89. The molecule has 0 radical (unpaired) electrons. The molecule has 0 saturated carbocycles. The number of halogens is 1. The number of aryl methyl sites for hydroxylation is 1. The second kappa shape index (κ2) is 7.71. The Morgan fingerprint density at radius 3 is 2.70 bits per heavy atom. The van der Waals surface area contributed by atoms with Crippen molar-refractivity contribution in [2.75, 3.05) is 18.1 Å². The lowest BCUT2D eigenvalue weighted by Gasteiger charge is -2.16. The number of fused-ring (bicyclic) bond motifs is 1. The minimum absolute atomic E-state index is 0.0109. The molecule has 1 aliphatic rings. The van der Waals surface area contributed by atoms with E-state index in [-0.39, 0.29) is 11.7 Å². The second-order valence-corrected chi connectivity index (χ2v) is 7.36. The van der Waals surface area contributed by atoms with Crippen molar-refractivity contribution in [1.82, 2.24) is 4.57 Å². The van der Waals surface area contributed by atoms with Gasteiger partial charge in [0.15, 0.2) is 0 Å². The molecule has 0 bridgehead atoms. The summed E-state index contributed by atoms with van der Waals surface area (Å²) in [7, 11) is 0. The molecular formula is C23H22FN3O3. The van der Waals surface area contributed by atoms with E-state index in [4.69, 9.17) is 9.47 Å². The molecule has 0 N–H and O–H groups in total. The van der Waals surface area contributed by atoms with Gasteiger partial charge in [-0.3, -0.25) is 4.90 Å².